The first-order valence-electron chi connectivity index (χ1n) is 5.22. The molecule has 1 rings (SSSR count). The topological polar surface area (TPSA) is 58.2 Å². The number of hydrogen-bond acceptors (Lipinski definition) is 3. The van der Waals surface area contributed by atoms with Crippen molar-refractivity contribution >= 4 is 10.0 Å². The summed E-state index contributed by atoms with van der Waals surface area (Å²) in [5.41, 5.74) is 0. The lowest BCUT2D eigenvalue weighted by Gasteiger charge is -2.28. The highest BCUT2D eigenvalue weighted by Crippen LogP contribution is 2.18. The zero-order valence-electron chi connectivity index (χ0n) is 8.91. The van der Waals surface area contributed by atoms with Crippen molar-refractivity contribution in [3.05, 3.63) is 0 Å². The van der Waals surface area contributed by atoms with Crippen molar-refractivity contribution < 1.29 is 8.42 Å². The minimum absolute atomic E-state index is 0.153. The van der Waals surface area contributed by atoms with E-state index in [1.54, 1.807) is 0 Å². The largest absolute Gasteiger partial charge is 0.314 e. The summed E-state index contributed by atoms with van der Waals surface area (Å²) in [5.74, 6) is 0. The molecule has 1 fully saturated rings. The highest BCUT2D eigenvalue weighted by molar-refractivity contribution is 7.88. The summed E-state index contributed by atoms with van der Waals surface area (Å²) in [7, 11) is -3.02. The minimum atomic E-state index is -3.02. The minimum Gasteiger partial charge on any atom is -0.314 e. The molecule has 0 heterocycles. The van der Waals surface area contributed by atoms with Crippen molar-refractivity contribution in [2.75, 3.05) is 12.8 Å². The van der Waals surface area contributed by atoms with Crippen LogP contribution in [0.3, 0.4) is 0 Å². The first-order chi connectivity index (χ1) is 6.51. The van der Waals surface area contributed by atoms with E-state index in [0.717, 1.165) is 32.2 Å². The first kappa shape index (κ1) is 11.9. The Labute approximate surface area is 86.5 Å². The van der Waals surface area contributed by atoms with Gasteiger partial charge in [0.15, 0.2) is 0 Å². The summed E-state index contributed by atoms with van der Waals surface area (Å²) >= 11 is 0. The van der Waals surface area contributed by atoms with Gasteiger partial charge in [0.2, 0.25) is 10.0 Å². The van der Waals surface area contributed by atoms with Crippen LogP contribution in [0, 0.1) is 0 Å². The van der Waals surface area contributed by atoms with Crippen LogP contribution in [0.15, 0.2) is 0 Å². The van der Waals surface area contributed by atoms with Crippen LogP contribution in [-0.2, 0) is 10.0 Å². The maximum absolute atomic E-state index is 11.0. The third kappa shape index (κ3) is 4.39. The summed E-state index contributed by atoms with van der Waals surface area (Å²) in [6.45, 7) is 3.09. The van der Waals surface area contributed by atoms with Crippen molar-refractivity contribution in [2.45, 2.75) is 44.7 Å². The first-order valence-corrected chi connectivity index (χ1v) is 7.11. The van der Waals surface area contributed by atoms with Crippen LogP contribution in [-0.4, -0.2) is 33.3 Å². The molecular formula is C9H20N2O2S. The monoisotopic (exact) mass is 220 g/mol. The number of nitrogens with one attached hydrogen (secondary N) is 2. The molecule has 0 unspecified atom stereocenters. The van der Waals surface area contributed by atoms with Crippen molar-refractivity contribution in [3.63, 3.8) is 0 Å². The van der Waals surface area contributed by atoms with Gasteiger partial charge in [0, 0.05) is 12.1 Å². The molecular weight excluding hydrogens is 200 g/mol. The lowest BCUT2D eigenvalue weighted by Crippen LogP contribution is -2.41. The Kier molecular flexibility index (Phi) is 4.34. The fourth-order valence-corrected chi connectivity index (χ4v) is 2.85. The number of sulfonamides is 1. The fourth-order valence-electron chi connectivity index (χ4n) is 2.01. The summed E-state index contributed by atoms with van der Waals surface area (Å²) in [6.07, 6.45) is 5.26. The molecule has 0 aliphatic heterocycles. The molecule has 2 N–H and O–H groups in total. The lowest BCUT2D eigenvalue weighted by molar-refractivity contribution is 0.334. The predicted molar refractivity (Wildman–Crippen MR) is 57.7 cm³/mol. The Morgan fingerprint density at radius 1 is 1.14 bits per heavy atom. The second-order valence-electron chi connectivity index (χ2n) is 4.00. The van der Waals surface area contributed by atoms with E-state index in [9.17, 15) is 8.42 Å². The molecule has 4 nitrogen and oxygen atoms in total. The number of rotatable bonds is 4. The Morgan fingerprint density at radius 3 is 2.07 bits per heavy atom. The van der Waals surface area contributed by atoms with E-state index < -0.39 is 10.0 Å². The van der Waals surface area contributed by atoms with Gasteiger partial charge in [0.05, 0.1) is 6.26 Å². The van der Waals surface area contributed by atoms with E-state index in [-0.39, 0.29) is 6.04 Å². The molecule has 0 spiro atoms. The second kappa shape index (κ2) is 5.09. The van der Waals surface area contributed by atoms with Crippen molar-refractivity contribution in [3.8, 4) is 0 Å². The smallest absolute Gasteiger partial charge is 0.208 e. The highest BCUT2D eigenvalue weighted by atomic mass is 32.2. The normalized spacial score (nSPS) is 29.0. The third-order valence-electron chi connectivity index (χ3n) is 2.60. The molecule has 0 saturated heterocycles. The van der Waals surface area contributed by atoms with E-state index in [1.807, 2.05) is 0 Å². The van der Waals surface area contributed by atoms with Gasteiger partial charge >= 0.3 is 0 Å². The Hall–Kier alpha value is -0.130. The quantitative estimate of drug-likeness (QED) is 0.723. The standard InChI is InChI=1S/C9H20N2O2S/c1-3-10-8-4-6-9(7-5-8)11-14(2,12)13/h8-11H,3-7H2,1-2H3. The van der Waals surface area contributed by atoms with Crippen LogP contribution in [0.5, 0.6) is 0 Å². The van der Waals surface area contributed by atoms with Gasteiger partial charge in [-0.25, -0.2) is 13.1 Å². The average Bonchev–Trinajstić information content (AvgIpc) is 2.06. The molecule has 0 amide bonds. The molecule has 0 atom stereocenters. The Bertz CT molecular complexity index is 256. The van der Waals surface area contributed by atoms with E-state index in [4.69, 9.17) is 0 Å². The van der Waals surface area contributed by atoms with E-state index in [0.29, 0.717) is 6.04 Å². The molecule has 0 aromatic carbocycles. The molecule has 1 saturated carbocycles. The zero-order chi connectivity index (χ0) is 10.6. The van der Waals surface area contributed by atoms with E-state index >= 15 is 0 Å². The van der Waals surface area contributed by atoms with Crippen LogP contribution >= 0.6 is 0 Å². The fraction of sp³-hybridized carbons (Fsp3) is 1.00. The van der Waals surface area contributed by atoms with Crippen molar-refractivity contribution in [1.29, 1.82) is 0 Å². The average molecular weight is 220 g/mol. The Morgan fingerprint density at radius 2 is 1.64 bits per heavy atom. The molecule has 1 aliphatic rings. The molecule has 14 heavy (non-hydrogen) atoms. The van der Waals surface area contributed by atoms with E-state index in [2.05, 4.69) is 17.0 Å². The molecule has 1 aliphatic carbocycles. The van der Waals surface area contributed by atoms with Gasteiger partial charge < -0.3 is 5.32 Å². The summed E-state index contributed by atoms with van der Waals surface area (Å²) < 4.78 is 24.6. The molecule has 0 bridgehead atoms. The van der Waals surface area contributed by atoms with Gasteiger partial charge in [-0.05, 0) is 32.2 Å². The van der Waals surface area contributed by atoms with Crippen LogP contribution in [0.4, 0.5) is 0 Å². The van der Waals surface area contributed by atoms with Crippen LogP contribution in [0.1, 0.15) is 32.6 Å². The third-order valence-corrected chi connectivity index (χ3v) is 3.36. The molecule has 84 valence electrons. The van der Waals surface area contributed by atoms with Gasteiger partial charge in [0.1, 0.15) is 0 Å². The molecule has 0 aromatic rings. The summed E-state index contributed by atoms with van der Waals surface area (Å²) in [6, 6.07) is 0.734. The van der Waals surface area contributed by atoms with Gasteiger partial charge in [0.25, 0.3) is 0 Å². The highest BCUT2D eigenvalue weighted by Gasteiger charge is 2.22. The van der Waals surface area contributed by atoms with Gasteiger partial charge in [-0.3, -0.25) is 0 Å². The summed E-state index contributed by atoms with van der Waals surface area (Å²) in [5, 5.41) is 3.39. The predicted octanol–water partition coefficient (Wildman–Crippen LogP) is 0.456. The number of hydrogen-bond donors (Lipinski definition) is 2. The van der Waals surface area contributed by atoms with Crippen LogP contribution in [0.25, 0.3) is 0 Å². The SMILES string of the molecule is CCNC1CCC(NS(C)(=O)=O)CC1. The molecule has 0 aromatic heterocycles. The van der Waals surface area contributed by atoms with Crippen molar-refractivity contribution in [1.82, 2.24) is 10.0 Å². The molecule has 0 radical (unpaired) electrons. The lowest BCUT2D eigenvalue weighted by atomic mass is 9.92. The summed E-state index contributed by atoms with van der Waals surface area (Å²) in [4.78, 5) is 0. The van der Waals surface area contributed by atoms with Crippen LogP contribution < -0.4 is 10.0 Å². The van der Waals surface area contributed by atoms with Crippen molar-refractivity contribution in [2.24, 2.45) is 0 Å². The zero-order valence-corrected chi connectivity index (χ0v) is 9.73. The maximum Gasteiger partial charge on any atom is 0.208 e. The maximum atomic E-state index is 11.0. The molecule has 5 heteroatoms. The van der Waals surface area contributed by atoms with Gasteiger partial charge in [-0.15, -0.1) is 0 Å². The van der Waals surface area contributed by atoms with Crippen LogP contribution in [0.2, 0.25) is 0 Å². The second-order valence-corrected chi connectivity index (χ2v) is 5.78. The van der Waals surface area contributed by atoms with Gasteiger partial charge in [-0.2, -0.15) is 0 Å². The Balaban J connectivity index is 2.29. The van der Waals surface area contributed by atoms with E-state index in [1.165, 1.54) is 6.26 Å². The van der Waals surface area contributed by atoms with Gasteiger partial charge in [-0.1, -0.05) is 6.92 Å².